The average Bonchev–Trinajstić information content (AvgIpc) is 2.33. The highest BCUT2D eigenvalue weighted by Gasteiger charge is 2.31. The van der Waals surface area contributed by atoms with E-state index in [9.17, 15) is 13.6 Å². The lowest BCUT2D eigenvalue weighted by Gasteiger charge is -2.34. The standard InChI is InChI=1S/C14H18F2N2O2/c1-2-20-9-3-8(4-9)5-14(19)18-13-7-12(17)10(15)6-11(13)16/h6-9H,2-5,17H2,1H3,(H,18,19). The maximum absolute atomic E-state index is 13.5. The first-order chi connectivity index (χ1) is 9.49. The third kappa shape index (κ3) is 3.45. The molecule has 1 aromatic rings. The van der Waals surface area contributed by atoms with Crippen molar-refractivity contribution in [2.24, 2.45) is 5.92 Å². The number of nitrogens with one attached hydrogen (secondary N) is 1. The number of carbonyl (C=O) groups is 1. The minimum atomic E-state index is -0.834. The smallest absolute Gasteiger partial charge is 0.224 e. The number of benzene rings is 1. The molecule has 0 atom stereocenters. The zero-order valence-corrected chi connectivity index (χ0v) is 11.3. The fraction of sp³-hybridized carbons (Fsp3) is 0.500. The number of halogens is 2. The molecule has 110 valence electrons. The van der Waals surface area contributed by atoms with Gasteiger partial charge in [0.15, 0.2) is 0 Å². The number of anilines is 2. The quantitative estimate of drug-likeness (QED) is 0.817. The lowest BCUT2D eigenvalue weighted by molar-refractivity contribution is -0.119. The van der Waals surface area contributed by atoms with Gasteiger partial charge in [0, 0.05) is 19.1 Å². The number of hydrogen-bond acceptors (Lipinski definition) is 3. The van der Waals surface area contributed by atoms with Gasteiger partial charge >= 0.3 is 0 Å². The van der Waals surface area contributed by atoms with Crippen LogP contribution in [-0.2, 0) is 9.53 Å². The van der Waals surface area contributed by atoms with Crippen LogP contribution in [0.25, 0.3) is 0 Å². The first kappa shape index (κ1) is 14.7. The highest BCUT2D eigenvalue weighted by atomic mass is 19.1. The minimum Gasteiger partial charge on any atom is -0.396 e. The normalized spacial score (nSPS) is 21.4. The maximum Gasteiger partial charge on any atom is 0.224 e. The van der Waals surface area contributed by atoms with Crippen molar-refractivity contribution in [1.82, 2.24) is 0 Å². The van der Waals surface area contributed by atoms with Crippen molar-refractivity contribution in [3.63, 3.8) is 0 Å². The molecule has 0 aromatic heterocycles. The molecule has 6 heteroatoms. The summed E-state index contributed by atoms with van der Waals surface area (Å²) >= 11 is 0. The highest BCUT2D eigenvalue weighted by molar-refractivity contribution is 5.91. The molecule has 0 bridgehead atoms. The molecule has 0 radical (unpaired) electrons. The molecule has 0 aliphatic heterocycles. The number of rotatable bonds is 5. The number of carbonyl (C=O) groups excluding carboxylic acids is 1. The Bertz CT molecular complexity index is 502. The Morgan fingerprint density at radius 2 is 2.10 bits per heavy atom. The summed E-state index contributed by atoms with van der Waals surface area (Å²) in [5, 5.41) is 2.42. The van der Waals surface area contributed by atoms with Crippen LogP contribution in [0.2, 0.25) is 0 Å². The SMILES string of the molecule is CCOC1CC(CC(=O)Nc2cc(N)c(F)cc2F)C1. The monoisotopic (exact) mass is 284 g/mol. The van der Waals surface area contributed by atoms with Crippen molar-refractivity contribution >= 4 is 17.3 Å². The number of ether oxygens (including phenoxy) is 1. The molecule has 1 aliphatic rings. The van der Waals surface area contributed by atoms with Crippen molar-refractivity contribution in [3.05, 3.63) is 23.8 Å². The summed E-state index contributed by atoms with van der Waals surface area (Å²) in [6.45, 7) is 2.60. The second-order valence-electron chi connectivity index (χ2n) is 5.02. The van der Waals surface area contributed by atoms with Crippen molar-refractivity contribution < 1.29 is 18.3 Å². The van der Waals surface area contributed by atoms with Crippen LogP contribution in [0.3, 0.4) is 0 Å². The van der Waals surface area contributed by atoms with E-state index in [1.807, 2.05) is 6.92 Å². The first-order valence-corrected chi connectivity index (χ1v) is 6.65. The number of nitrogen functional groups attached to an aromatic ring is 1. The van der Waals surface area contributed by atoms with Gasteiger partial charge in [-0.1, -0.05) is 0 Å². The molecule has 0 saturated heterocycles. The predicted octanol–water partition coefficient (Wildman–Crippen LogP) is 2.69. The van der Waals surface area contributed by atoms with E-state index in [0.717, 1.165) is 18.9 Å². The molecular weight excluding hydrogens is 266 g/mol. The van der Waals surface area contributed by atoms with Crippen LogP contribution in [0, 0.1) is 17.6 Å². The summed E-state index contributed by atoms with van der Waals surface area (Å²) in [5.41, 5.74) is 5.06. The molecule has 0 heterocycles. The summed E-state index contributed by atoms with van der Waals surface area (Å²) in [5.74, 6) is -1.70. The van der Waals surface area contributed by atoms with E-state index in [4.69, 9.17) is 10.5 Å². The van der Waals surface area contributed by atoms with Gasteiger partial charge in [-0.05, 0) is 31.7 Å². The Balaban J connectivity index is 1.85. The van der Waals surface area contributed by atoms with Gasteiger partial charge in [0.2, 0.25) is 5.91 Å². The Morgan fingerprint density at radius 1 is 1.40 bits per heavy atom. The average molecular weight is 284 g/mol. The van der Waals surface area contributed by atoms with Gasteiger partial charge < -0.3 is 15.8 Å². The van der Waals surface area contributed by atoms with Gasteiger partial charge in [0.25, 0.3) is 0 Å². The predicted molar refractivity (Wildman–Crippen MR) is 72.2 cm³/mol. The second-order valence-corrected chi connectivity index (χ2v) is 5.02. The van der Waals surface area contributed by atoms with Crippen LogP contribution in [0.5, 0.6) is 0 Å². The van der Waals surface area contributed by atoms with Gasteiger partial charge in [-0.3, -0.25) is 4.79 Å². The van der Waals surface area contributed by atoms with Crippen LogP contribution in [0.1, 0.15) is 26.2 Å². The molecule has 20 heavy (non-hydrogen) atoms. The van der Waals surface area contributed by atoms with Crippen molar-refractivity contribution in [3.8, 4) is 0 Å². The van der Waals surface area contributed by atoms with Gasteiger partial charge in [0.1, 0.15) is 11.6 Å². The summed E-state index contributed by atoms with van der Waals surface area (Å²) in [6.07, 6.45) is 2.22. The van der Waals surface area contributed by atoms with Gasteiger partial charge in [-0.25, -0.2) is 8.78 Å². The number of amides is 1. The van der Waals surface area contributed by atoms with Crippen molar-refractivity contribution in [1.29, 1.82) is 0 Å². The van der Waals surface area contributed by atoms with E-state index in [-0.39, 0.29) is 29.3 Å². The minimum absolute atomic E-state index is 0.0884. The summed E-state index contributed by atoms with van der Waals surface area (Å²) in [6, 6.07) is 1.76. The molecule has 1 saturated carbocycles. The maximum atomic E-state index is 13.5. The Labute approximate surface area is 116 Å². The third-order valence-corrected chi connectivity index (χ3v) is 3.43. The van der Waals surface area contributed by atoms with E-state index >= 15 is 0 Å². The molecular formula is C14H18F2N2O2. The molecule has 2 rings (SSSR count). The zero-order chi connectivity index (χ0) is 14.7. The Kier molecular flexibility index (Phi) is 4.54. The van der Waals surface area contributed by atoms with Crippen LogP contribution in [-0.4, -0.2) is 18.6 Å². The molecule has 1 aliphatic carbocycles. The molecule has 1 fully saturated rings. The summed E-state index contributed by atoms with van der Waals surface area (Å²) in [4.78, 5) is 11.8. The fourth-order valence-electron chi connectivity index (χ4n) is 2.34. The van der Waals surface area contributed by atoms with Gasteiger partial charge in [-0.2, -0.15) is 0 Å². The van der Waals surface area contributed by atoms with Gasteiger partial charge in [-0.15, -0.1) is 0 Å². The number of hydrogen-bond donors (Lipinski definition) is 2. The Morgan fingerprint density at radius 3 is 2.75 bits per heavy atom. The van der Waals surface area contributed by atoms with Crippen LogP contribution in [0.15, 0.2) is 12.1 Å². The second kappa shape index (κ2) is 6.17. The van der Waals surface area contributed by atoms with E-state index in [1.54, 1.807) is 0 Å². The lowest BCUT2D eigenvalue weighted by Crippen LogP contribution is -2.34. The first-order valence-electron chi connectivity index (χ1n) is 6.65. The fourth-order valence-corrected chi connectivity index (χ4v) is 2.34. The van der Waals surface area contributed by atoms with E-state index in [2.05, 4.69) is 5.32 Å². The van der Waals surface area contributed by atoms with Crippen LogP contribution < -0.4 is 11.1 Å². The van der Waals surface area contributed by atoms with E-state index in [0.29, 0.717) is 19.1 Å². The van der Waals surface area contributed by atoms with E-state index in [1.165, 1.54) is 0 Å². The highest BCUT2D eigenvalue weighted by Crippen LogP contribution is 2.33. The van der Waals surface area contributed by atoms with Crippen LogP contribution >= 0.6 is 0 Å². The number of nitrogens with two attached hydrogens (primary N) is 1. The van der Waals surface area contributed by atoms with E-state index < -0.39 is 11.6 Å². The molecule has 0 spiro atoms. The summed E-state index contributed by atoms with van der Waals surface area (Å²) < 4.78 is 31.9. The zero-order valence-electron chi connectivity index (χ0n) is 11.3. The third-order valence-electron chi connectivity index (χ3n) is 3.43. The molecule has 4 nitrogen and oxygen atoms in total. The largest absolute Gasteiger partial charge is 0.396 e. The molecule has 1 aromatic carbocycles. The lowest BCUT2D eigenvalue weighted by atomic mass is 9.80. The molecule has 0 unspecified atom stereocenters. The van der Waals surface area contributed by atoms with Crippen molar-refractivity contribution in [2.45, 2.75) is 32.3 Å². The summed E-state index contributed by atoms with van der Waals surface area (Å²) in [7, 11) is 0. The van der Waals surface area contributed by atoms with Crippen molar-refractivity contribution in [2.75, 3.05) is 17.7 Å². The molecule has 3 N–H and O–H groups in total. The Hall–Kier alpha value is -1.69. The topological polar surface area (TPSA) is 64.3 Å². The van der Waals surface area contributed by atoms with Crippen LogP contribution in [0.4, 0.5) is 20.2 Å². The molecule has 1 amide bonds. The van der Waals surface area contributed by atoms with Gasteiger partial charge in [0.05, 0.1) is 17.5 Å².